The molecule has 2 aliphatic heterocycles. The third-order valence-electron chi connectivity index (χ3n) is 2.33. The molecule has 17 heavy (non-hydrogen) atoms. The number of hydrogen-bond donors (Lipinski definition) is 2. The predicted molar refractivity (Wildman–Crippen MR) is 66.8 cm³/mol. The van der Waals surface area contributed by atoms with Gasteiger partial charge >= 0.3 is 0 Å². The molecule has 0 aromatic heterocycles. The van der Waals surface area contributed by atoms with Crippen LogP contribution in [0.25, 0.3) is 0 Å². The van der Waals surface area contributed by atoms with E-state index >= 15 is 0 Å². The Bertz CT molecular complexity index is 145. The van der Waals surface area contributed by atoms with Crippen molar-refractivity contribution in [3.63, 3.8) is 0 Å². The maximum Gasteiger partial charge on any atom is 0.154 e. The van der Waals surface area contributed by atoms with Crippen molar-refractivity contribution in [3.8, 4) is 0 Å². The highest BCUT2D eigenvalue weighted by Gasteiger charge is 2.09. The van der Waals surface area contributed by atoms with Crippen LogP contribution in [0.2, 0.25) is 0 Å². The summed E-state index contributed by atoms with van der Waals surface area (Å²) in [6.07, 6.45) is 2.69. The highest BCUT2D eigenvalue weighted by molar-refractivity contribution is 4.58. The van der Waals surface area contributed by atoms with E-state index in [1.807, 2.05) is 13.8 Å². The zero-order chi connectivity index (χ0) is 12.9. The van der Waals surface area contributed by atoms with Crippen molar-refractivity contribution < 1.29 is 19.3 Å². The zero-order valence-corrected chi connectivity index (χ0v) is 11.3. The van der Waals surface area contributed by atoms with Crippen molar-refractivity contribution in [2.24, 2.45) is 0 Å². The molecule has 0 bridgehead atoms. The van der Waals surface area contributed by atoms with Gasteiger partial charge in [-0.05, 0) is 19.3 Å². The van der Waals surface area contributed by atoms with Gasteiger partial charge in [0, 0.05) is 20.3 Å². The summed E-state index contributed by atoms with van der Waals surface area (Å²) in [6.45, 7) is 7.12. The fourth-order valence-electron chi connectivity index (χ4n) is 1.42. The van der Waals surface area contributed by atoms with Crippen LogP contribution in [0.5, 0.6) is 0 Å². The Hall–Kier alpha value is -0.200. The SMILES string of the molecule is CC.COC1COCCN1.OC1CCCCO1. The zero-order valence-electron chi connectivity index (χ0n) is 11.3. The van der Waals surface area contributed by atoms with E-state index in [2.05, 4.69) is 5.32 Å². The Morgan fingerprint density at radius 1 is 1.24 bits per heavy atom. The normalized spacial score (nSPS) is 28.2. The van der Waals surface area contributed by atoms with Gasteiger partial charge in [0.05, 0.1) is 13.2 Å². The number of nitrogens with one attached hydrogen (secondary N) is 1. The number of aliphatic hydroxyl groups is 1. The molecular formula is C12H27NO4. The van der Waals surface area contributed by atoms with Crippen LogP contribution < -0.4 is 5.32 Å². The van der Waals surface area contributed by atoms with Crippen molar-refractivity contribution in [3.05, 3.63) is 0 Å². The lowest BCUT2D eigenvalue weighted by molar-refractivity contribution is -0.123. The fourth-order valence-corrected chi connectivity index (χ4v) is 1.42. The summed E-state index contributed by atoms with van der Waals surface area (Å²) < 4.78 is 14.9. The molecule has 2 fully saturated rings. The van der Waals surface area contributed by atoms with E-state index in [4.69, 9.17) is 19.3 Å². The third-order valence-corrected chi connectivity index (χ3v) is 2.33. The average molecular weight is 249 g/mol. The molecule has 0 amide bonds. The van der Waals surface area contributed by atoms with Crippen molar-refractivity contribution in [2.75, 3.05) is 33.5 Å². The number of hydrogen-bond acceptors (Lipinski definition) is 5. The van der Waals surface area contributed by atoms with Crippen LogP contribution in [0.15, 0.2) is 0 Å². The molecule has 2 rings (SSSR count). The fraction of sp³-hybridized carbons (Fsp3) is 1.00. The molecule has 2 heterocycles. The Morgan fingerprint density at radius 3 is 2.29 bits per heavy atom. The molecule has 2 N–H and O–H groups in total. The first kappa shape index (κ1) is 16.8. The van der Waals surface area contributed by atoms with Crippen LogP contribution in [-0.4, -0.2) is 51.1 Å². The summed E-state index contributed by atoms with van der Waals surface area (Å²) in [4.78, 5) is 0. The lowest BCUT2D eigenvalue weighted by Gasteiger charge is -2.21. The van der Waals surface area contributed by atoms with Crippen LogP contribution >= 0.6 is 0 Å². The van der Waals surface area contributed by atoms with Gasteiger partial charge in [-0.1, -0.05) is 13.8 Å². The van der Waals surface area contributed by atoms with Crippen molar-refractivity contribution in [2.45, 2.75) is 45.6 Å². The van der Waals surface area contributed by atoms with Crippen molar-refractivity contribution in [1.29, 1.82) is 0 Å². The maximum absolute atomic E-state index is 8.69. The average Bonchev–Trinajstić information content (AvgIpc) is 2.43. The van der Waals surface area contributed by atoms with E-state index in [9.17, 15) is 0 Å². The van der Waals surface area contributed by atoms with E-state index in [1.165, 1.54) is 0 Å². The van der Waals surface area contributed by atoms with Gasteiger partial charge in [-0.3, -0.25) is 5.32 Å². The first-order valence-corrected chi connectivity index (χ1v) is 6.46. The minimum atomic E-state index is -0.464. The second-order valence-electron chi connectivity index (χ2n) is 3.57. The van der Waals surface area contributed by atoms with Gasteiger partial charge in [-0.2, -0.15) is 0 Å². The molecule has 2 aliphatic rings. The van der Waals surface area contributed by atoms with Gasteiger partial charge in [-0.25, -0.2) is 0 Å². The Kier molecular flexibility index (Phi) is 12.1. The molecular weight excluding hydrogens is 222 g/mol. The predicted octanol–water partition coefficient (Wildman–Crippen LogP) is 1.11. The van der Waals surface area contributed by atoms with Gasteiger partial charge in [0.25, 0.3) is 0 Å². The molecule has 0 aromatic rings. The molecule has 2 atom stereocenters. The van der Waals surface area contributed by atoms with E-state index in [1.54, 1.807) is 7.11 Å². The molecule has 0 spiro atoms. The summed E-state index contributed by atoms with van der Waals surface area (Å²) in [5.41, 5.74) is 0. The second-order valence-corrected chi connectivity index (χ2v) is 3.57. The molecule has 104 valence electrons. The first-order valence-electron chi connectivity index (χ1n) is 6.46. The smallest absolute Gasteiger partial charge is 0.154 e. The minimum Gasteiger partial charge on any atom is -0.376 e. The van der Waals surface area contributed by atoms with Gasteiger partial charge in [-0.15, -0.1) is 0 Å². The summed E-state index contributed by atoms with van der Waals surface area (Å²) >= 11 is 0. The molecule has 0 saturated carbocycles. The topological polar surface area (TPSA) is 60.0 Å². The van der Waals surface area contributed by atoms with Crippen LogP contribution in [0.1, 0.15) is 33.1 Å². The molecule has 2 unspecified atom stereocenters. The van der Waals surface area contributed by atoms with Gasteiger partial charge in [0.1, 0.15) is 6.23 Å². The number of aliphatic hydroxyl groups excluding tert-OH is 1. The first-order chi connectivity index (χ1) is 8.33. The van der Waals surface area contributed by atoms with Crippen LogP contribution in [0.4, 0.5) is 0 Å². The molecule has 0 aromatic carbocycles. The Morgan fingerprint density at radius 2 is 2.00 bits per heavy atom. The molecule has 2 saturated heterocycles. The number of rotatable bonds is 1. The van der Waals surface area contributed by atoms with Crippen LogP contribution in [0.3, 0.4) is 0 Å². The molecule has 5 heteroatoms. The van der Waals surface area contributed by atoms with Crippen LogP contribution in [-0.2, 0) is 14.2 Å². The molecule has 0 radical (unpaired) electrons. The van der Waals surface area contributed by atoms with Gasteiger partial charge < -0.3 is 19.3 Å². The minimum absolute atomic E-state index is 0.115. The summed E-state index contributed by atoms with van der Waals surface area (Å²) in [7, 11) is 1.67. The summed E-state index contributed by atoms with van der Waals surface area (Å²) in [5.74, 6) is 0. The molecule has 5 nitrogen and oxygen atoms in total. The van der Waals surface area contributed by atoms with Gasteiger partial charge in [0.2, 0.25) is 0 Å². The number of methoxy groups -OCH3 is 1. The van der Waals surface area contributed by atoms with E-state index in [0.717, 1.165) is 39.0 Å². The lowest BCUT2D eigenvalue weighted by atomic mass is 10.2. The second kappa shape index (κ2) is 12.3. The molecule has 0 aliphatic carbocycles. The largest absolute Gasteiger partial charge is 0.376 e. The van der Waals surface area contributed by atoms with E-state index in [-0.39, 0.29) is 6.23 Å². The highest BCUT2D eigenvalue weighted by Crippen LogP contribution is 2.08. The van der Waals surface area contributed by atoms with E-state index in [0.29, 0.717) is 6.61 Å². The van der Waals surface area contributed by atoms with E-state index < -0.39 is 6.29 Å². The maximum atomic E-state index is 8.69. The van der Waals surface area contributed by atoms with Crippen molar-refractivity contribution in [1.82, 2.24) is 5.32 Å². The quantitative estimate of drug-likeness (QED) is 0.729. The van der Waals surface area contributed by atoms with Gasteiger partial charge in [0.15, 0.2) is 6.29 Å². The Labute approximate surface area is 104 Å². The third kappa shape index (κ3) is 9.50. The summed E-state index contributed by atoms with van der Waals surface area (Å²) in [6, 6.07) is 0. The number of ether oxygens (including phenoxy) is 3. The standard InChI is InChI=1S/C5H11NO2.C5H10O2.C2H6/c1-7-5-4-8-3-2-6-5;6-5-3-1-2-4-7-5;1-2/h5-6H,2-4H2,1H3;5-6H,1-4H2;1-2H3. The monoisotopic (exact) mass is 249 g/mol. The summed E-state index contributed by atoms with van der Waals surface area (Å²) in [5, 5.41) is 11.8. The highest BCUT2D eigenvalue weighted by atomic mass is 16.6. The van der Waals surface area contributed by atoms with Crippen LogP contribution in [0, 0.1) is 0 Å². The number of morpholine rings is 1. The van der Waals surface area contributed by atoms with Crippen molar-refractivity contribution >= 4 is 0 Å². The lowest BCUT2D eigenvalue weighted by Crippen LogP contribution is -2.42. The Balaban J connectivity index is 0.000000265.